The van der Waals surface area contributed by atoms with Crippen LogP contribution in [0.2, 0.25) is 0 Å². The molecule has 1 amide bonds. The van der Waals surface area contributed by atoms with Crippen molar-refractivity contribution in [3.63, 3.8) is 0 Å². The highest BCUT2D eigenvalue weighted by molar-refractivity contribution is 8.32. The van der Waals surface area contributed by atoms with Gasteiger partial charge in [-0.2, -0.15) is 0 Å². The van der Waals surface area contributed by atoms with Crippen LogP contribution in [0.3, 0.4) is 0 Å². The lowest BCUT2D eigenvalue weighted by atomic mass is 10.1. The summed E-state index contributed by atoms with van der Waals surface area (Å²) < 4.78 is 5.28. The predicted molar refractivity (Wildman–Crippen MR) is 107 cm³/mol. The molecule has 0 radical (unpaired) electrons. The number of rotatable bonds is 6. The number of nitrogens with one attached hydrogen (secondary N) is 2. The van der Waals surface area contributed by atoms with Gasteiger partial charge >= 0.3 is 6.09 Å². The number of amides is 1. The van der Waals surface area contributed by atoms with Gasteiger partial charge in [0.1, 0.15) is 5.60 Å². The molecule has 1 aromatic carbocycles. The van der Waals surface area contributed by atoms with Crippen molar-refractivity contribution in [1.29, 1.82) is 0 Å². The Hall–Kier alpha value is -1.62. The molecule has 0 aromatic heterocycles. The maximum atomic E-state index is 11.8. The zero-order valence-electron chi connectivity index (χ0n) is 16.0. The average Bonchev–Trinajstić information content (AvgIpc) is 2.42. The molecule has 24 heavy (non-hydrogen) atoms. The molecule has 1 rings (SSSR count). The third-order valence-corrected chi connectivity index (χ3v) is 4.22. The molecule has 0 fully saturated rings. The minimum atomic E-state index is -0.611. The second kappa shape index (κ2) is 7.97. The number of carbonyl (C=O) groups excluding carboxylic acids is 1. The van der Waals surface area contributed by atoms with E-state index in [0.717, 1.165) is 22.7 Å². The van der Waals surface area contributed by atoms with Crippen molar-refractivity contribution in [3.8, 4) is 0 Å². The molecule has 0 aliphatic carbocycles. The van der Waals surface area contributed by atoms with Crippen LogP contribution >= 0.6 is 10.0 Å². The Labute approximate surface area is 148 Å². The van der Waals surface area contributed by atoms with Gasteiger partial charge in [-0.3, -0.25) is 0 Å². The molecule has 0 aliphatic rings. The maximum Gasteiger partial charge on any atom is 0.408 e. The van der Waals surface area contributed by atoms with Crippen LogP contribution in [0.1, 0.15) is 44.9 Å². The van der Waals surface area contributed by atoms with Crippen LogP contribution in [0, 0.1) is 0 Å². The summed E-state index contributed by atoms with van der Waals surface area (Å²) in [4.78, 5) is 11.8. The van der Waals surface area contributed by atoms with E-state index in [-0.39, 0.29) is 6.04 Å². The first kappa shape index (κ1) is 20.4. The largest absolute Gasteiger partial charge is 0.444 e. The van der Waals surface area contributed by atoms with Crippen molar-refractivity contribution >= 4 is 21.8 Å². The van der Waals surface area contributed by atoms with Gasteiger partial charge < -0.3 is 15.4 Å². The van der Waals surface area contributed by atoms with Gasteiger partial charge in [-0.1, -0.05) is 30.8 Å². The first-order valence-corrected chi connectivity index (χ1v) is 11.1. The molecular formula is C19H32N2O2S. The molecule has 1 aromatic rings. The van der Waals surface area contributed by atoms with E-state index in [1.807, 2.05) is 52.0 Å². The molecule has 4 nitrogen and oxygen atoms in total. The van der Waals surface area contributed by atoms with Crippen molar-refractivity contribution in [2.45, 2.75) is 39.3 Å². The highest BCUT2D eigenvalue weighted by atomic mass is 32.3. The molecule has 136 valence electrons. The van der Waals surface area contributed by atoms with Gasteiger partial charge in [0.2, 0.25) is 0 Å². The van der Waals surface area contributed by atoms with Gasteiger partial charge in [0.05, 0.1) is 6.04 Å². The Kier molecular flexibility index (Phi) is 6.78. The third kappa shape index (κ3) is 7.77. The second-order valence-electron chi connectivity index (χ2n) is 7.88. The lowest BCUT2D eigenvalue weighted by Crippen LogP contribution is -2.34. The minimum Gasteiger partial charge on any atom is -0.444 e. The highest BCUT2D eigenvalue weighted by Gasteiger charge is 2.18. The quantitative estimate of drug-likeness (QED) is 0.793. The number of benzene rings is 1. The molecule has 0 saturated heterocycles. The van der Waals surface area contributed by atoms with E-state index >= 15 is 0 Å². The summed E-state index contributed by atoms with van der Waals surface area (Å²) in [6.07, 6.45) is 6.39. The van der Waals surface area contributed by atoms with E-state index in [4.69, 9.17) is 4.74 Å². The summed E-state index contributed by atoms with van der Waals surface area (Å²) in [7, 11) is -0.611. The minimum absolute atomic E-state index is 0.117. The summed E-state index contributed by atoms with van der Waals surface area (Å²) in [6.45, 7) is 11.6. The van der Waals surface area contributed by atoms with Gasteiger partial charge in [-0.25, -0.2) is 14.8 Å². The number of alkyl carbamates (subject to hydrolysis) is 1. The average molecular weight is 353 g/mol. The molecule has 2 N–H and O–H groups in total. The maximum absolute atomic E-state index is 11.8. The summed E-state index contributed by atoms with van der Waals surface area (Å²) in [5.74, 6) is 0.949. The number of carbonyl (C=O) groups is 1. The highest BCUT2D eigenvalue weighted by Crippen LogP contribution is 2.33. The van der Waals surface area contributed by atoms with Crippen LogP contribution in [-0.4, -0.2) is 36.3 Å². The van der Waals surface area contributed by atoms with Crippen LogP contribution in [0.15, 0.2) is 30.8 Å². The lowest BCUT2D eigenvalue weighted by molar-refractivity contribution is 0.0508. The molecule has 0 bridgehead atoms. The molecule has 0 spiro atoms. The van der Waals surface area contributed by atoms with Crippen molar-refractivity contribution < 1.29 is 9.53 Å². The van der Waals surface area contributed by atoms with E-state index in [1.54, 1.807) is 0 Å². The fraction of sp³-hybridized carbons (Fsp3) is 0.526. The summed E-state index contributed by atoms with van der Waals surface area (Å²) in [5, 5.41) is 6.25. The monoisotopic (exact) mass is 352 g/mol. The van der Waals surface area contributed by atoms with E-state index in [9.17, 15) is 4.79 Å². The van der Waals surface area contributed by atoms with E-state index in [2.05, 4.69) is 36.0 Å². The lowest BCUT2D eigenvalue weighted by Gasteiger charge is -2.26. The Morgan fingerprint density at radius 1 is 1.21 bits per heavy atom. The summed E-state index contributed by atoms with van der Waals surface area (Å²) >= 11 is 0. The van der Waals surface area contributed by atoms with Crippen molar-refractivity contribution in [1.82, 2.24) is 10.6 Å². The SMILES string of the molecule is C=C(NCS(C)(C)C)c1ccc([C@H](C)NC(=O)OC(C)(C)C)cc1. The molecule has 0 heterocycles. The third-order valence-electron chi connectivity index (χ3n) is 3.21. The van der Waals surface area contributed by atoms with Crippen LogP contribution in [0.4, 0.5) is 4.79 Å². The summed E-state index contributed by atoms with van der Waals surface area (Å²) in [6, 6.07) is 7.95. The van der Waals surface area contributed by atoms with Crippen LogP contribution in [0.5, 0.6) is 0 Å². The Morgan fingerprint density at radius 2 is 1.75 bits per heavy atom. The molecule has 0 unspecified atom stereocenters. The first-order chi connectivity index (χ1) is 10.9. The zero-order chi connectivity index (χ0) is 18.5. The fourth-order valence-electron chi connectivity index (χ4n) is 1.95. The standard InChI is InChI=1S/C19H32N2O2S/c1-14(20-13-24(6,7)8)16-9-11-17(12-10-16)15(2)21-18(22)23-19(3,4)5/h9-12,15,20H,1,13H2,2-8H3,(H,21,22)/t15-/m0/s1. The summed E-state index contributed by atoms with van der Waals surface area (Å²) in [5.41, 5.74) is 2.52. The van der Waals surface area contributed by atoms with Gasteiger partial charge in [0.25, 0.3) is 0 Å². The van der Waals surface area contributed by atoms with Gasteiger partial charge in [-0.05, 0) is 57.6 Å². The van der Waals surface area contributed by atoms with Crippen molar-refractivity contribution in [2.75, 3.05) is 24.6 Å². The van der Waals surface area contributed by atoms with Gasteiger partial charge in [0, 0.05) is 11.6 Å². The van der Waals surface area contributed by atoms with Gasteiger partial charge in [-0.15, -0.1) is 0 Å². The van der Waals surface area contributed by atoms with Gasteiger partial charge in [0.15, 0.2) is 0 Å². The Morgan fingerprint density at radius 3 is 2.21 bits per heavy atom. The normalized spacial score (nSPS) is 13.8. The van der Waals surface area contributed by atoms with Crippen LogP contribution in [-0.2, 0) is 4.74 Å². The van der Waals surface area contributed by atoms with E-state index in [0.29, 0.717) is 0 Å². The van der Waals surface area contributed by atoms with Crippen LogP contribution in [0.25, 0.3) is 5.70 Å². The zero-order valence-corrected chi connectivity index (χ0v) is 16.8. The number of ether oxygens (including phenoxy) is 1. The Bertz CT molecular complexity index is 569. The smallest absolute Gasteiger partial charge is 0.408 e. The Balaban J connectivity index is 2.63. The molecular weight excluding hydrogens is 320 g/mol. The fourth-order valence-corrected chi connectivity index (χ4v) is 2.55. The van der Waals surface area contributed by atoms with Crippen molar-refractivity contribution in [3.05, 3.63) is 42.0 Å². The molecule has 0 aliphatic heterocycles. The predicted octanol–water partition coefficient (Wildman–Crippen LogP) is 4.48. The van der Waals surface area contributed by atoms with Crippen molar-refractivity contribution in [2.24, 2.45) is 0 Å². The number of hydrogen-bond acceptors (Lipinski definition) is 3. The second-order valence-corrected chi connectivity index (χ2v) is 12.4. The number of hydrogen-bond donors (Lipinski definition) is 2. The van der Waals surface area contributed by atoms with Crippen LogP contribution < -0.4 is 10.6 Å². The van der Waals surface area contributed by atoms with E-state index < -0.39 is 21.7 Å². The molecule has 5 heteroatoms. The molecule has 1 atom stereocenters. The topological polar surface area (TPSA) is 50.4 Å². The molecule has 0 saturated carbocycles. The first-order valence-electron chi connectivity index (χ1n) is 8.06. The van der Waals surface area contributed by atoms with E-state index in [1.165, 1.54) is 0 Å².